The monoisotopic (exact) mass is 275 g/mol. The van der Waals surface area contributed by atoms with Crippen molar-refractivity contribution in [3.63, 3.8) is 0 Å². The van der Waals surface area contributed by atoms with Crippen LogP contribution in [0.25, 0.3) is 0 Å². The van der Waals surface area contributed by atoms with E-state index in [1.807, 2.05) is 0 Å². The molecule has 0 aromatic heterocycles. The molecule has 1 aromatic carbocycles. The van der Waals surface area contributed by atoms with Crippen molar-refractivity contribution in [3.8, 4) is 0 Å². The molecular weight excluding hydrogens is 246 g/mol. The lowest BCUT2D eigenvalue weighted by molar-refractivity contribution is -0.0222. The van der Waals surface area contributed by atoms with Crippen LogP contribution in [0.1, 0.15) is 45.6 Å². The van der Waals surface area contributed by atoms with Gasteiger partial charge in [-0.25, -0.2) is 0 Å². The van der Waals surface area contributed by atoms with Gasteiger partial charge in [-0.1, -0.05) is 44.2 Å². The van der Waals surface area contributed by atoms with Crippen molar-refractivity contribution in [2.75, 3.05) is 13.2 Å². The molecule has 112 valence electrons. The summed E-state index contributed by atoms with van der Waals surface area (Å²) in [4.78, 5) is 2.62. The van der Waals surface area contributed by atoms with Gasteiger partial charge in [-0.15, -0.1) is 0 Å². The summed E-state index contributed by atoms with van der Waals surface area (Å²) in [5.74, 6) is 0.732. The van der Waals surface area contributed by atoms with Gasteiger partial charge in [0.25, 0.3) is 0 Å². The molecule has 1 aliphatic rings. The van der Waals surface area contributed by atoms with Gasteiger partial charge in [-0.3, -0.25) is 4.90 Å². The molecule has 1 aromatic rings. The molecule has 1 saturated heterocycles. The number of benzene rings is 1. The molecule has 1 heterocycles. The zero-order valence-electron chi connectivity index (χ0n) is 13.2. The second kappa shape index (κ2) is 6.73. The van der Waals surface area contributed by atoms with Crippen LogP contribution in [0.2, 0.25) is 0 Å². The minimum Gasteiger partial charge on any atom is -0.396 e. The van der Waals surface area contributed by atoms with Crippen LogP contribution in [0.15, 0.2) is 30.3 Å². The van der Waals surface area contributed by atoms with Crippen molar-refractivity contribution in [3.05, 3.63) is 35.9 Å². The normalized spacial score (nSPS) is 31.4. The van der Waals surface area contributed by atoms with E-state index in [1.165, 1.54) is 18.5 Å². The number of nitrogens with zero attached hydrogens (tertiary/aromatic N) is 1. The highest BCUT2D eigenvalue weighted by Crippen LogP contribution is 2.44. The Balaban J connectivity index is 2.08. The molecule has 0 radical (unpaired) electrons. The molecule has 1 aliphatic heterocycles. The minimum atomic E-state index is 0.313. The topological polar surface area (TPSA) is 23.5 Å². The predicted molar refractivity (Wildman–Crippen MR) is 84.5 cm³/mol. The van der Waals surface area contributed by atoms with Crippen molar-refractivity contribution in [1.82, 2.24) is 4.90 Å². The summed E-state index contributed by atoms with van der Waals surface area (Å²) in [7, 11) is 0. The fourth-order valence-electron chi connectivity index (χ4n) is 3.66. The molecule has 2 rings (SSSR count). The summed E-state index contributed by atoms with van der Waals surface area (Å²) in [6, 6.07) is 11.3. The first-order valence-electron chi connectivity index (χ1n) is 7.96. The van der Waals surface area contributed by atoms with E-state index in [-0.39, 0.29) is 0 Å². The van der Waals surface area contributed by atoms with Gasteiger partial charge >= 0.3 is 0 Å². The first-order valence-corrected chi connectivity index (χ1v) is 7.96. The highest BCUT2D eigenvalue weighted by atomic mass is 16.2. The molecule has 2 heteroatoms. The fourth-order valence-corrected chi connectivity index (χ4v) is 3.66. The first-order chi connectivity index (χ1) is 9.58. The molecule has 2 nitrogen and oxygen atoms in total. The Morgan fingerprint density at radius 1 is 1.25 bits per heavy atom. The lowest BCUT2D eigenvalue weighted by atomic mass is 9.65. The van der Waals surface area contributed by atoms with Gasteiger partial charge in [-0.2, -0.15) is 0 Å². The average Bonchev–Trinajstić information content (AvgIpc) is 2.47. The summed E-state index contributed by atoms with van der Waals surface area (Å²) in [6.07, 6.45) is 3.31. The predicted octanol–water partition coefficient (Wildman–Crippen LogP) is 3.70. The van der Waals surface area contributed by atoms with E-state index in [2.05, 4.69) is 56.0 Å². The molecule has 1 fully saturated rings. The third-order valence-corrected chi connectivity index (χ3v) is 5.58. The summed E-state index contributed by atoms with van der Waals surface area (Å²) < 4.78 is 0. The van der Waals surface area contributed by atoms with Gasteiger partial charge in [0.2, 0.25) is 0 Å². The van der Waals surface area contributed by atoms with Gasteiger partial charge < -0.3 is 5.11 Å². The van der Waals surface area contributed by atoms with Crippen LogP contribution >= 0.6 is 0 Å². The van der Waals surface area contributed by atoms with Crippen molar-refractivity contribution < 1.29 is 5.11 Å². The van der Waals surface area contributed by atoms with E-state index < -0.39 is 0 Å². The van der Waals surface area contributed by atoms with Crippen LogP contribution in [-0.4, -0.2) is 29.2 Å². The maximum absolute atomic E-state index is 9.17. The molecule has 0 bridgehead atoms. The maximum Gasteiger partial charge on any atom is 0.0431 e. The van der Waals surface area contributed by atoms with Gasteiger partial charge in [-0.05, 0) is 49.6 Å². The van der Waals surface area contributed by atoms with Crippen molar-refractivity contribution in [1.29, 1.82) is 0 Å². The Morgan fingerprint density at radius 3 is 2.60 bits per heavy atom. The van der Waals surface area contributed by atoms with Crippen LogP contribution in [-0.2, 0) is 6.54 Å². The van der Waals surface area contributed by atoms with Crippen molar-refractivity contribution in [2.45, 2.75) is 52.6 Å². The maximum atomic E-state index is 9.17. The number of likely N-dealkylation sites (tertiary alicyclic amines) is 1. The number of aliphatic hydroxyl groups excluding tert-OH is 1. The fraction of sp³-hybridized carbons (Fsp3) is 0.667. The van der Waals surface area contributed by atoms with E-state index in [0.29, 0.717) is 18.1 Å². The van der Waals surface area contributed by atoms with E-state index >= 15 is 0 Å². The van der Waals surface area contributed by atoms with E-state index in [9.17, 15) is 5.11 Å². The lowest BCUT2D eigenvalue weighted by Gasteiger charge is -2.51. The third-order valence-electron chi connectivity index (χ3n) is 5.58. The van der Waals surface area contributed by atoms with Crippen LogP contribution in [0.3, 0.4) is 0 Å². The van der Waals surface area contributed by atoms with Crippen LogP contribution in [0.4, 0.5) is 0 Å². The molecule has 0 saturated carbocycles. The van der Waals surface area contributed by atoms with Gasteiger partial charge in [0.05, 0.1) is 0 Å². The summed E-state index contributed by atoms with van der Waals surface area (Å²) >= 11 is 0. The van der Waals surface area contributed by atoms with Crippen LogP contribution in [0, 0.1) is 11.3 Å². The molecule has 20 heavy (non-hydrogen) atoms. The molecule has 0 aliphatic carbocycles. The smallest absolute Gasteiger partial charge is 0.0431 e. The van der Waals surface area contributed by atoms with E-state index in [4.69, 9.17) is 0 Å². The number of aliphatic hydroxyl groups is 1. The van der Waals surface area contributed by atoms with Crippen LogP contribution < -0.4 is 0 Å². The van der Waals surface area contributed by atoms with Gasteiger partial charge in [0.15, 0.2) is 0 Å². The minimum absolute atomic E-state index is 0.313. The first kappa shape index (κ1) is 15.5. The number of hydrogen-bond acceptors (Lipinski definition) is 2. The second-order valence-electron chi connectivity index (χ2n) is 6.65. The largest absolute Gasteiger partial charge is 0.396 e. The molecule has 0 amide bonds. The quantitative estimate of drug-likeness (QED) is 0.886. The SMILES string of the molecule is CC1CCN(Cc2ccccc2)C(C)C1(C)CCCO. The van der Waals surface area contributed by atoms with Gasteiger partial charge in [0.1, 0.15) is 0 Å². The zero-order chi connectivity index (χ0) is 14.6. The van der Waals surface area contributed by atoms with E-state index in [1.54, 1.807) is 0 Å². The summed E-state index contributed by atoms with van der Waals surface area (Å²) in [5, 5.41) is 9.17. The van der Waals surface area contributed by atoms with Crippen molar-refractivity contribution in [2.24, 2.45) is 11.3 Å². The number of piperidine rings is 1. The third kappa shape index (κ3) is 3.24. The van der Waals surface area contributed by atoms with Gasteiger partial charge in [0, 0.05) is 19.2 Å². The highest BCUT2D eigenvalue weighted by Gasteiger charge is 2.42. The Bertz CT molecular complexity index is 405. The average molecular weight is 275 g/mol. The van der Waals surface area contributed by atoms with Crippen molar-refractivity contribution >= 4 is 0 Å². The standard InChI is InChI=1S/C18H29NO/c1-15-10-12-19(14-17-8-5-4-6-9-17)16(2)18(15,3)11-7-13-20/h4-6,8-9,15-16,20H,7,10-14H2,1-3H3. The zero-order valence-corrected chi connectivity index (χ0v) is 13.2. The summed E-state index contributed by atoms with van der Waals surface area (Å²) in [5.41, 5.74) is 1.72. The second-order valence-corrected chi connectivity index (χ2v) is 6.65. The molecular formula is C18H29NO. The van der Waals surface area contributed by atoms with E-state index in [0.717, 1.165) is 25.3 Å². The Morgan fingerprint density at radius 2 is 1.95 bits per heavy atom. The Labute approximate surface area is 123 Å². The molecule has 3 atom stereocenters. The Hall–Kier alpha value is -0.860. The number of rotatable bonds is 5. The van der Waals surface area contributed by atoms with Crippen LogP contribution in [0.5, 0.6) is 0 Å². The highest BCUT2D eigenvalue weighted by molar-refractivity contribution is 5.15. The Kier molecular flexibility index (Phi) is 5.22. The number of hydrogen-bond donors (Lipinski definition) is 1. The summed E-state index contributed by atoms with van der Waals surface area (Å²) in [6.45, 7) is 9.71. The molecule has 0 spiro atoms. The molecule has 3 unspecified atom stereocenters. The lowest BCUT2D eigenvalue weighted by Crippen LogP contribution is -2.52. The molecule has 1 N–H and O–H groups in total.